The van der Waals surface area contributed by atoms with Crippen LogP contribution in [0.1, 0.15) is 6.92 Å². The van der Waals surface area contributed by atoms with E-state index in [0.717, 1.165) is 39.4 Å². The van der Waals surface area contributed by atoms with Crippen molar-refractivity contribution in [2.24, 2.45) is 7.05 Å². The first kappa shape index (κ1) is 26.2. The van der Waals surface area contributed by atoms with Gasteiger partial charge in [-0.25, -0.2) is 9.97 Å². The minimum atomic E-state index is -0.279. The van der Waals surface area contributed by atoms with Crippen molar-refractivity contribution in [3.05, 3.63) is 67.5 Å². The molecule has 2 N–H and O–H groups in total. The first-order chi connectivity index (χ1) is 17.9. The van der Waals surface area contributed by atoms with Crippen molar-refractivity contribution in [3.8, 4) is 17.0 Å². The molecule has 0 bridgehead atoms. The number of fused-ring (bicyclic) bond motifs is 1. The summed E-state index contributed by atoms with van der Waals surface area (Å²) in [6.45, 7) is 6.91. The summed E-state index contributed by atoms with van der Waals surface area (Å²) in [5, 5.41) is 7.35. The van der Waals surface area contributed by atoms with Gasteiger partial charge in [0.1, 0.15) is 5.75 Å². The number of carbonyl (C=O) groups excluding carboxylic acids is 1. The summed E-state index contributed by atoms with van der Waals surface area (Å²) in [7, 11) is 6.09. The Labute approximate surface area is 221 Å². The highest BCUT2D eigenvalue weighted by Gasteiger charge is 2.16. The van der Waals surface area contributed by atoms with Gasteiger partial charge in [0.05, 0.1) is 23.7 Å². The predicted molar refractivity (Wildman–Crippen MR) is 153 cm³/mol. The van der Waals surface area contributed by atoms with Gasteiger partial charge in [0, 0.05) is 53.1 Å². The number of carbonyl (C=O) groups is 1. The highest BCUT2D eigenvalue weighted by Crippen LogP contribution is 2.39. The van der Waals surface area contributed by atoms with Crippen molar-refractivity contribution in [2.45, 2.75) is 11.8 Å². The maximum atomic E-state index is 12.2. The summed E-state index contributed by atoms with van der Waals surface area (Å²) in [5.74, 6) is 1.67. The Kier molecular flexibility index (Phi) is 8.47. The molecule has 0 saturated heterocycles. The molecule has 2 heterocycles. The van der Waals surface area contributed by atoms with Crippen LogP contribution in [0.15, 0.2) is 72.4 Å². The van der Waals surface area contributed by atoms with E-state index in [0.29, 0.717) is 29.7 Å². The molecule has 0 radical (unpaired) electrons. The minimum absolute atomic E-state index is 0.279. The van der Waals surface area contributed by atoms with E-state index in [1.807, 2.05) is 58.4 Å². The number of hydrogen-bond acceptors (Lipinski definition) is 7. The molecule has 0 fully saturated rings. The summed E-state index contributed by atoms with van der Waals surface area (Å²) in [6.07, 6.45) is 5.07. The van der Waals surface area contributed by atoms with Crippen LogP contribution in [0.3, 0.4) is 0 Å². The van der Waals surface area contributed by atoms with E-state index < -0.39 is 0 Å². The number of nitrogens with one attached hydrogen (secondary N) is 2. The third-order valence-corrected chi connectivity index (χ3v) is 6.73. The molecule has 8 nitrogen and oxygen atoms in total. The molecule has 4 rings (SSSR count). The van der Waals surface area contributed by atoms with E-state index >= 15 is 0 Å². The number of para-hydroxylation sites is 1. The van der Waals surface area contributed by atoms with Crippen molar-refractivity contribution in [1.29, 1.82) is 0 Å². The lowest BCUT2D eigenvalue weighted by Crippen LogP contribution is -2.15. The fourth-order valence-corrected chi connectivity index (χ4v) is 5.04. The predicted octanol–water partition coefficient (Wildman–Crippen LogP) is 5.56. The maximum absolute atomic E-state index is 12.2. The van der Waals surface area contributed by atoms with Crippen molar-refractivity contribution in [3.63, 3.8) is 0 Å². The van der Waals surface area contributed by atoms with Crippen LogP contribution in [0.2, 0.25) is 0 Å². The molecule has 0 spiro atoms. The molecular formula is C28H32N6O2S. The maximum Gasteiger partial charge on any atom is 0.247 e. The Morgan fingerprint density at radius 3 is 2.78 bits per heavy atom. The smallest absolute Gasteiger partial charge is 0.247 e. The zero-order valence-electron chi connectivity index (χ0n) is 21.6. The molecule has 0 unspecified atom stereocenters. The number of hydrogen-bond donors (Lipinski definition) is 2. The highest BCUT2D eigenvalue weighted by molar-refractivity contribution is 7.99. The zero-order valence-corrected chi connectivity index (χ0v) is 22.4. The van der Waals surface area contributed by atoms with Gasteiger partial charge in [-0.1, -0.05) is 24.8 Å². The second-order valence-electron chi connectivity index (χ2n) is 8.68. The monoisotopic (exact) mass is 516 g/mol. The van der Waals surface area contributed by atoms with Gasteiger partial charge in [-0.2, -0.15) is 0 Å². The van der Waals surface area contributed by atoms with Gasteiger partial charge >= 0.3 is 0 Å². The van der Waals surface area contributed by atoms with Crippen molar-refractivity contribution < 1.29 is 9.53 Å². The number of thioether (sulfide) groups is 1. The molecular weight excluding hydrogens is 484 g/mol. The van der Waals surface area contributed by atoms with E-state index in [1.54, 1.807) is 18.0 Å². The third-order valence-electron chi connectivity index (χ3n) is 5.70. The Morgan fingerprint density at radius 2 is 2.03 bits per heavy atom. The van der Waals surface area contributed by atoms with E-state index in [1.165, 1.54) is 6.08 Å². The normalized spacial score (nSPS) is 11.1. The lowest BCUT2D eigenvalue weighted by Gasteiger charge is -2.18. The molecule has 0 atom stereocenters. The van der Waals surface area contributed by atoms with Crippen LogP contribution < -0.4 is 15.4 Å². The van der Waals surface area contributed by atoms with Gasteiger partial charge in [0.15, 0.2) is 0 Å². The highest BCUT2D eigenvalue weighted by atomic mass is 32.2. The van der Waals surface area contributed by atoms with E-state index in [4.69, 9.17) is 9.72 Å². The summed E-state index contributed by atoms with van der Waals surface area (Å²) in [4.78, 5) is 24.5. The lowest BCUT2D eigenvalue weighted by atomic mass is 10.1. The fourth-order valence-electron chi connectivity index (χ4n) is 3.91. The van der Waals surface area contributed by atoms with Crippen molar-refractivity contribution >= 4 is 45.9 Å². The molecule has 9 heteroatoms. The van der Waals surface area contributed by atoms with E-state index in [-0.39, 0.29) is 5.91 Å². The minimum Gasteiger partial charge on any atom is -0.492 e. The molecule has 0 aliphatic carbocycles. The Morgan fingerprint density at radius 1 is 1.22 bits per heavy atom. The van der Waals surface area contributed by atoms with Crippen LogP contribution in [-0.2, 0) is 11.8 Å². The second kappa shape index (κ2) is 11.9. The van der Waals surface area contributed by atoms with Crippen LogP contribution in [-0.4, -0.2) is 58.3 Å². The van der Waals surface area contributed by atoms with Gasteiger partial charge < -0.3 is 24.8 Å². The number of rotatable bonds is 11. The topological polar surface area (TPSA) is 84.3 Å². The largest absolute Gasteiger partial charge is 0.492 e. The number of nitrogens with zero attached hydrogens (tertiary/aromatic N) is 4. The van der Waals surface area contributed by atoms with Crippen LogP contribution in [0.4, 0.5) is 17.3 Å². The van der Waals surface area contributed by atoms with Gasteiger partial charge in [0.2, 0.25) is 11.9 Å². The molecule has 2 aromatic heterocycles. The summed E-state index contributed by atoms with van der Waals surface area (Å²) in [6, 6.07) is 13.9. The first-order valence-electron chi connectivity index (χ1n) is 12.1. The van der Waals surface area contributed by atoms with Crippen LogP contribution in [0.25, 0.3) is 22.2 Å². The molecule has 37 heavy (non-hydrogen) atoms. The zero-order chi connectivity index (χ0) is 26.4. The van der Waals surface area contributed by atoms with Gasteiger partial charge in [-0.05, 0) is 51.4 Å². The quantitative estimate of drug-likeness (QED) is 0.200. The van der Waals surface area contributed by atoms with Crippen molar-refractivity contribution in [1.82, 2.24) is 19.4 Å². The molecule has 192 valence electrons. The first-order valence-corrected chi connectivity index (χ1v) is 13.0. The van der Waals surface area contributed by atoms with Crippen molar-refractivity contribution in [2.75, 3.05) is 43.6 Å². The average Bonchev–Trinajstić information content (AvgIpc) is 3.23. The number of anilines is 3. The van der Waals surface area contributed by atoms with Crippen LogP contribution in [0.5, 0.6) is 5.75 Å². The SMILES string of the molecule is C=CC(=O)Nc1cc(Nc2nccc(-c3cn(C)c4ccccc34)n2)c(OCC)cc1SCCN(C)C. The van der Waals surface area contributed by atoms with Gasteiger partial charge in [-0.3, -0.25) is 4.79 Å². The molecule has 0 aliphatic heterocycles. The number of benzene rings is 2. The Balaban J connectivity index is 1.70. The lowest BCUT2D eigenvalue weighted by molar-refractivity contribution is -0.111. The average molecular weight is 517 g/mol. The second-order valence-corrected chi connectivity index (χ2v) is 9.82. The summed E-state index contributed by atoms with van der Waals surface area (Å²) >= 11 is 1.65. The van der Waals surface area contributed by atoms with E-state index in [9.17, 15) is 4.79 Å². The molecule has 2 aromatic carbocycles. The van der Waals surface area contributed by atoms with Crippen LogP contribution >= 0.6 is 11.8 Å². The molecule has 1 amide bonds. The Bertz CT molecular complexity index is 1420. The summed E-state index contributed by atoms with van der Waals surface area (Å²) in [5.41, 5.74) is 4.30. The molecule has 4 aromatic rings. The van der Waals surface area contributed by atoms with E-state index in [2.05, 4.69) is 50.0 Å². The fraction of sp³-hybridized carbons (Fsp3) is 0.250. The number of ether oxygens (including phenoxy) is 1. The standard InChI is InChI=1S/C28H32N6O2S/c1-6-27(35)30-23-16-22(25(36-7-2)17-26(23)37-15-14-33(3)4)32-28-29-13-12-21(31-28)20-18-34(5)24-11-9-8-10-19(20)24/h6,8-13,16-18H,1,7,14-15H2,2-5H3,(H,30,35)(H,29,31,32). The van der Waals surface area contributed by atoms with Gasteiger partial charge in [0.25, 0.3) is 0 Å². The summed E-state index contributed by atoms with van der Waals surface area (Å²) < 4.78 is 8.05. The number of aromatic nitrogens is 3. The van der Waals surface area contributed by atoms with Gasteiger partial charge in [-0.15, -0.1) is 11.8 Å². The number of amides is 1. The molecule has 0 saturated carbocycles. The third kappa shape index (κ3) is 6.31. The van der Waals surface area contributed by atoms with Crippen LogP contribution in [0, 0.1) is 0 Å². The molecule has 0 aliphatic rings. The number of aryl methyl sites for hydroxylation is 1. The Hall–Kier alpha value is -3.82.